The van der Waals surface area contributed by atoms with Crippen molar-refractivity contribution in [3.63, 3.8) is 0 Å². The van der Waals surface area contributed by atoms with Gasteiger partial charge in [-0.05, 0) is 23.8 Å². The molecule has 1 aromatic carbocycles. The Hall–Kier alpha value is -2.90. The average Bonchev–Trinajstić information content (AvgIpc) is 2.47. The number of aliphatic carboxylic acids is 1. The maximum atomic E-state index is 13.3. The highest BCUT2D eigenvalue weighted by molar-refractivity contribution is 6.35. The highest BCUT2D eigenvalue weighted by Gasteiger charge is 2.15. The second kappa shape index (κ2) is 6.25. The summed E-state index contributed by atoms with van der Waals surface area (Å²) in [5, 5.41) is 20.4. The van der Waals surface area contributed by atoms with Gasteiger partial charge in [-0.1, -0.05) is 11.5 Å². The minimum absolute atomic E-state index is 0.283. The maximum Gasteiger partial charge on any atom is 0.322 e. The molecule has 0 unspecified atom stereocenters. The molecule has 3 N–H and O–H groups in total. The summed E-state index contributed by atoms with van der Waals surface area (Å²) >= 11 is 0. The molecule has 0 fully saturated rings. The minimum atomic E-state index is -1.23. The van der Waals surface area contributed by atoms with E-state index < -0.39 is 30.0 Å². The number of nitrogens with zero attached hydrogens (tertiary/aromatic N) is 1. The molecule has 0 bridgehead atoms. The van der Waals surface area contributed by atoms with Crippen molar-refractivity contribution in [1.82, 2.24) is 10.3 Å². The van der Waals surface area contributed by atoms with E-state index in [1.807, 2.05) is 0 Å². The SMILES string of the molecule is [B]c1ccc(F)cc1-c1cnc(C(=O)NCC(=O)O)c(O)c1. The summed E-state index contributed by atoms with van der Waals surface area (Å²) in [4.78, 5) is 25.8. The van der Waals surface area contributed by atoms with Crippen LogP contribution < -0.4 is 10.8 Å². The summed E-state index contributed by atoms with van der Waals surface area (Å²) in [6.07, 6.45) is 1.24. The Morgan fingerprint density at radius 2 is 2.05 bits per heavy atom. The fourth-order valence-corrected chi connectivity index (χ4v) is 1.79. The van der Waals surface area contributed by atoms with Crippen LogP contribution in [0.4, 0.5) is 4.39 Å². The third kappa shape index (κ3) is 3.40. The number of carboxylic acids is 1. The summed E-state index contributed by atoms with van der Waals surface area (Å²) < 4.78 is 13.3. The number of rotatable bonds is 4. The predicted octanol–water partition coefficient (Wildman–Crippen LogP) is 0.201. The summed E-state index contributed by atoms with van der Waals surface area (Å²) in [7, 11) is 5.73. The van der Waals surface area contributed by atoms with Gasteiger partial charge in [-0.15, -0.1) is 0 Å². The predicted molar refractivity (Wildman–Crippen MR) is 76.7 cm³/mol. The van der Waals surface area contributed by atoms with Crippen LogP contribution in [-0.2, 0) is 4.79 Å². The van der Waals surface area contributed by atoms with Gasteiger partial charge >= 0.3 is 5.97 Å². The molecule has 110 valence electrons. The van der Waals surface area contributed by atoms with Crippen molar-refractivity contribution in [1.29, 1.82) is 0 Å². The fourth-order valence-electron chi connectivity index (χ4n) is 1.79. The number of hydrogen-bond donors (Lipinski definition) is 3. The second-order valence-electron chi connectivity index (χ2n) is 4.40. The van der Waals surface area contributed by atoms with Gasteiger partial charge in [-0.25, -0.2) is 9.37 Å². The maximum absolute atomic E-state index is 13.3. The molecule has 8 heteroatoms. The number of pyridine rings is 1. The lowest BCUT2D eigenvalue weighted by atomic mass is 9.87. The zero-order valence-electron chi connectivity index (χ0n) is 11.2. The smallest absolute Gasteiger partial charge is 0.322 e. The molecule has 2 radical (unpaired) electrons. The molecule has 1 heterocycles. The van der Waals surface area contributed by atoms with E-state index >= 15 is 0 Å². The quantitative estimate of drug-likeness (QED) is 0.701. The molecule has 0 aliphatic rings. The summed E-state index contributed by atoms with van der Waals surface area (Å²) in [6, 6.07) is 4.94. The molecule has 0 spiro atoms. The van der Waals surface area contributed by atoms with Gasteiger partial charge in [0.25, 0.3) is 5.91 Å². The van der Waals surface area contributed by atoms with Gasteiger partial charge in [0.2, 0.25) is 0 Å². The highest BCUT2D eigenvalue weighted by atomic mass is 19.1. The van der Waals surface area contributed by atoms with Crippen molar-refractivity contribution in [2.24, 2.45) is 0 Å². The molecule has 1 aromatic heterocycles. The van der Waals surface area contributed by atoms with E-state index in [9.17, 15) is 19.1 Å². The Morgan fingerprint density at radius 3 is 2.68 bits per heavy atom. The lowest BCUT2D eigenvalue weighted by molar-refractivity contribution is -0.135. The highest BCUT2D eigenvalue weighted by Crippen LogP contribution is 2.24. The second-order valence-corrected chi connectivity index (χ2v) is 4.40. The first-order valence-electron chi connectivity index (χ1n) is 6.13. The van der Waals surface area contributed by atoms with Gasteiger partial charge in [-0.3, -0.25) is 9.59 Å². The van der Waals surface area contributed by atoms with Gasteiger partial charge < -0.3 is 15.5 Å². The van der Waals surface area contributed by atoms with Crippen molar-refractivity contribution >= 4 is 25.2 Å². The van der Waals surface area contributed by atoms with E-state index in [0.29, 0.717) is 11.1 Å². The Morgan fingerprint density at radius 1 is 1.32 bits per heavy atom. The summed E-state index contributed by atoms with van der Waals surface area (Å²) in [6.45, 7) is -0.599. The zero-order chi connectivity index (χ0) is 16.3. The number of hydrogen-bond acceptors (Lipinski definition) is 4. The molecule has 22 heavy (non-hydrogen) atoms. The van der Waals surface area contributed by atoms with Crippen LogP contribution in [0.15, 0.2) is 30.5 Å². The van der Waals surface area contributed by atoms with E-state index in [4.69, 9.17) is 13.0 Å². The molecule has 0 aliphatic carbocycles. The van der Waals surface area contributed by atoms with E-state index in [1.54, 1.807) is 0 Å². The van der Waals surface area contributed by atoms with Crippen LogP contribution in [-0.4, -0.2) is 41.5 Å². The van der Waals surface area contributed by atoms with Gasteiger partial charge in [0.05, 0.1) is 0 Å². The van der Waals surface area contributed by atoms with Crippen LogP contribution in [0.1, 0.15) is 10.5 Å². The van der Waals surface area contributed by atoms with Crippen LogP contribution in [0.5, 0.6) is 5.75 Å². The van der Waals surface area contributed by atoms with Crippen molar-refractivity contribution in [3.8, 4) is 16.9 Å². The first-order valence-corrected chi connectivity index (χ1v) is 6.13. The molecule has 6 nitrogen and oxygen atoms in total. The Bertz CT molecular complexity index is 752. The summed E-state index contributed by atoms with van der Waals surface area (Å²) in [5.74, 6) is -3.04. The number of carboxylic acid groups (broad SMARTS) is 1. The molecule has 2 rings (SSSR count). The summed E-state index contributed by atoms with van der Waals surface area (Å²) in [5.41, 5.74) is 0.593. The van der Waals surface area contributed by atoms with E-state index in [0.717, 1.165) is 0 Å². The Balaban J connectivity index is 2.32. The molecule has 2 aromatic rings. The van der Waals surface area contributed by atoms with Gasteiger partial charge in [0.15, 0.2) is 5.69 Å². The Labute approximate surface area is 126 Å². The van der Waals surface area contributed by atoms with Gasteiger partial charge in [0, 0.05) is 11.8 Å². The van der Waals surface area contributed by atoms with Crippen LogP contribution >= 0.6 is 0 Å². The van der Waals surface area contributed by atoms with E-state index in [-0.39, 0.29) is 11.2 Å². The molecular weight excluding hydrogens is 290 g/mol. The van der Waals surface area contributed by atoms with Crippen LogP contribution in [0.2, 0.25) is 0 Å². The lowest BCUT2D eigenvalue weighted by Crippen LogP contribution is -2.29. The monoisotopic (exact) mass is 300 g/mol. The average molecular weight is 300 g/mol. The zero-order valence-corrected chi connectivity index (χ0v) is 11.2. The molecular formula is C14H10BFN2O4. The molecule has 0 aliphatic heterocycles. The molecule has 0 atom stereocenters. The largest absolute Gasteiger partial charge is 0.505 e. The molecule has 0 saturated heterocycles. The topological polar surface area (TPSA) is 99.5 Å². The normalized spacial score (nSPS) is 10.2. The third-order valence-electron chi connectivity index (χ3n) is 2.81. The van der Waals surface area contributed by atoms with Gasteiger partial charge in [0.1, 0.15) is 26.0 Å². The number of aromatic hydroxyl groups is 1. The first kappa shape index (κ1) is 15.5. The van der Waals surface area contributed by atoms with Crippen molar-refractivity contribution in [2.75, 3.05) is 6.54 Å². The van der Waals surface area contributed by atoms with Crippen LogP contribution in [0.25, 0.3) is 11.1 Å². The number of carbonyl (C=O) groups is 2. The van der Waals surface area contributed by atoms with E-state index in [2.05, 4.69) is 10.3 Å². The molecule has 0 saturated carbocycles. The number of benzene rings is 1. The number of halogens is 1. The number of aromatic nitrogens is 1. The lowest BCUT2D eigenvalue weighted by Gasteiger charge is -2.09. The van der Waals surface area contributed by atoms with Crippen LogP contribution in [0, 0.1) is 5.82 Å². The third-order valence-corrected chi connectivity index (χ3v) is 2.81. The van der Waals surface area contributed by atoms with Crippen molar-refractivity contribution in [3.05, 3.63) is 42.0 Å². The van der Waals surface area contributed by atoms with Crippen molar-refractivity contribution < 1.29 is 24.2 Å². The standard InChI is InChI=1S/C14H10BFN2O4/c15-10-2-1-8(16)4-9(10)7-3-11(19)13(17-5-7)14(22)18-6-12(20)21/h1-5,19H,6H2,(H,18,22)(H,20,21). The Kier molecular flexibility index (Phi) is 4.40. The fraction of sp³-hybridized carbons (Fsp3) is 0.0714. The number of amides is 1. The number of carbonyl (C=O) groups excluding carboxylic acids is 1. The van der Waals surface area contributed by atoms with Crippen LogP contribution in [0.3, 0.4) is 0 Å². The first-order chi connectivity index (χ1) is 10.4. The van der Waals surface area contributed by atoms with E-state index in [1.165, 1.54) is 30.5 Å². The van der Waals surface area contributed by atoms with Crippen molar-refractivity contribution in [2.45, 2.75) is 0 Å². The van der Waals surface area contributed by atoms with Gasteiger partial charge in [-0.2, -0.15) is 0 Å². The number of nitrogens with one attached hydrogen (secondary N) is 1. The minimum Gasteiger partial charge on any atom is -0.505 e. The molecule has 1 amide bonds.